The molecule has 0 aliphatic heterocycles. The summed E-state index contributed by atoms with van der Waals surface area (Å²) >= 11 is 7.42. The summed E-state index contributed by atoms with van der Waals surface area (Å²) in [6.45, 7) is -1.45. The van der Waals surface area contributed by atoms with E-state index < -0.39 is 18.7 Å². The van der Waals surface area contributed by atoms with Gasteiger partial charge in [0.2, 0.25) is 5.91 Å². The molecule has 0 saturated heterocycles. The molecule has 0 saturated carbocycles. The van der Waals surface area contributed by atoms with E-state index in [1.807, 2.05) is 5.38 Å². The number of thiazole rings is 1. The zero-order valence-corrected chi connectivity index (χ0v) is 14.5. The molecule has 0 aliphatic carbocycles. The molecule has 0 unspecified atom stereocenters. The van der Waals surface area contributed by atoms with Crippen LogP contribution in [0.2, 0.25) is 5.15 Å². The maximum Gasteiger partial charge on any atom is 0.422 e. The van der Waals surface area contributed by atoms with Crippen LogP contribution in [0.25, 0.3) is 11.0 Å². The van der Waals surface area contributed by atoms with Gasteiger partial charge in [-0.3, -0.25) is 9.20 Å². The number of benzene rings is 1. The summed E-state index contributed by atoms with van der Waals surface area (Å²) in [7, 11) is 0. The van der Waals surface area contributed by atoms with Crippen molar-refractivity contribution in [2.24, 2.45) is 0 Å². The van der Waals surface area contributed by atoms with E-state index in [4.69, 9.17) is 16.3 Å². The molecule has 0 aliphatic rings. The number of amides is 1. The molecule has 0 atom stereocenters. The van der Waals surface area contributed by atoms with Crippen LogP contribution in [0.3, 0.4) is 0 Å². The van der Waals surface area contributed by atoms with Crippen molar-refractivity contribution in [3.63, 3.8) is 0 Å². The fourth-order valence-electron chi connectivity index (χ4n) is 2.11. The van der Waals surface area contributed by atoms with Crippen molar-refractivity contribution in [1.29, 1.82) is 0 Å². The predicted octanol–water partition coefficient (Wildman–Crippen LogP) is 4.64. The normalized spacial score (nSPS) is 12.0. The van der Waals surface area contributed by atoms with Gasteiger partial charge in [-0.2, -0.15) is 13.2 Å². The summed E-state index contributed by atoms with van der Waals surface area (Å²) in [5.74, 6) is -0.622. The van der Waals surface area contributed by atoms with Gasteiger partial charge in [0.05, 0.1) is 11.4 Å². The number of para-hydroxylation sites is 2. The number of imidazole rings is 1. The van der Waals surface area contributed by atoms with Crippen molar-refractivity contribution in [3.8, 4) is 5.75 Å². The van der Waals surface area contributed by atoms with E-state index in [-0.39, 0.29) is 16.6 Å². The van der Waals surface area contributed by atoms with Gasteiger partial charge in [-0.1, -0.05) is 23.7 Å². The van der Waals surface area contributed by atoms with Crippen LogP contribution in [0.4, 0.5) is 18.9 Å². The Bertz CT molecular complexity index is 965. The molecular weight excluding hydrogens is 391 g/mol. The lowest BCUT2D eigenvalue weighted by Crippen LogP contribution is -2.20. The van der Waals surface area contributed by atoms with Gasteiger partial charge in [-0.05, 0) is 18.2 Å². The molecule has 2 aromatic heterocycles. The van der Waals surface area contributed by atoms with Gasteiger partial charge in [-0.25, -0.2) is 4.98 Å². The van der Waals surface area contributed by atoms with Crippen LogP contribution >= 0.6 is 22.9 Å². The number of rotatable bonds is 5. The summed E-state index contributed by atoms with van der Waals surface area (Å²) in [5.41, 5.74) is 0.658. The van der Waals surface area contributed by atoms with E-state index in [2.05, 4.69) is 10.3 Å². The Hall–Kier alpha value is -2.52. The molecule has 136 valence electrons. The molecule has 0 radical (unpaired) electrons. The van der Waals surface area contributed by atoms with Crippen LogP contribution < -0.4 is 10.1 Å². The summed E-state index contributed by atoms with van der Waals surface area (Å²) in [5, 5.41) is 4.55. The average Bonchev–Trinajstić information content (AvgIpc) is 3.12. The SMILES string of the molecule is O=C(/C=C/c1c(Cl)nc2sccn12)Nc1ccccc1OCC(F)(F)F. The third-order valence-electron chi connectivity index (χ3n) is 3.18. The van der Waals surface area contributed by atoms with E-state index >= 15 is 0 Å². The Balaban J connectivity index is 1.72. The first-order valence-electron chi connectivity index (χ1n) is 7.22. The second kappa shape index (κ2) is 7.38. The van der Waals surface area contributed by atoms with Gasteiger partial charge in [-0.15, -0.1) is 11.3 Å². The fraction of sp³-hybridized carbons (Fsp3) is 0.125. The van der Waals surface area contributed by atoms with Gasteiger partial charge in [0.1, 0.15) is 5.75 Å². The van der Waals surface area contributed by atoms with Crippen LogP contribution in [0, 0.1) is 0 Å². The first kappa shape index (κ1) is 18.3. The zero-order chi connectivity index (χ0) is 18.7. The molecule has 5 nitrogen and oxygen atoms in total. The van der Waals surface area contributed by atoms with Crippen molar-refractivity contribution < 1.29 is 22.7 Å². The number of alkyl halides is 3. The minimum Gasteiger partial charge on any atom is -0.482 e. The molecule has 0 bridgehead atoms. The van der Waals surface area contributed by atoms with Crippen molar-refractivity contribution in [2.45, 2.75) is 6.18 Å². The highest BCUT2D eigenvalue weighted by atomic mass is 35.5. The van der Waals surface area contributed by atoms with Gasteiger partial charge in [0.25, 0.3) is 0 Å². The molecule has 1 amide bonds. The standard InChI is InChI=1S/C16H11ClF3N3O2S/c17-14-11(23-7-8-26-15(23)22-14)5-6-13(24)21-10-3-1-2-4-12(10)25-9-16(18,19)20/h1-8H,9H2,(H,21,24)/b6-5+. The zero-order valence-electron chi connectivity index (χ0n) is 13.0. The Morgan fingerprint density at radius 1 is 1.38 bits per heavy atom. The van der Waals surface area contributed by atoms with E-state index in [9.17, 15) is 18.0 Å². The summed E-state index contributed by atoms with van der Waals surface area (Å²) < 4.78 is 43.4. The number of anilines is 1. The number of nitrogens with one attached hydrogen (secondary N) is 1. The third-order valence-corrected chi connectivity index (χ3v) is 4.22. The van der Waals surface area contributed by atoms with Crippen LogP contribution in [0.15, 0.2) is 41.9 Å². The average molecular weight is 402 g/mol. The number of fused-ring (bicyclic) bond motifs is 1. The number of ether oxygens (including phenoxy) is 1. The molecule has 26 heavy (non-hydrogen) atoms. The summed E-state index contributed by atoms with van der Waals surface area (Å²) in [6, 6.07) is 5.87. The number of carbonyl (C=O) groups is 1. The largest absolute Gasteiger partial charge is 0.482 e. The Morgan fingerprint density at radius 3 is 2.92 bits per heavy atom. The number of hydrogen-bond acceptors (Lipinski definition) is 4. The third kappa shape index (κ3) is 4.36. The number of halogens is 4. The minimum atomic E-state index is -4.47. The van der Waals surface area contributed by atoms with E-state index in [1.165, 1.54) is 41.7 Å². The van der Waals surface area contributed by atoms with Crippen LogP contribution in [-0.2, 0) is 4.79 Å². The summed E-state index contributed by atoms with van der Waals surface area (Å²) in [6.07, 6.45) is -0.0183. The lowest BCUT2D eigenvalue weighted by atomic mass is 10.3. The van der Waals surface area contributed by atoms with Gasteiger partial charge >= 0.3 is 6.18 Å². The number of aromatic nitrogens is 2. The monoisotopic (exact) mass is 401 g/mol. The molecular formula is C16H11ClF3N3O2S. The number of nitrogens with zero attached hydrogens (tertiary/aromatic N) is 2. The second-order valence-corrected chi connectivity index (χ2v) is 6.30. The van der Waals surface area contributed by atoms with Crippen LogP contribution in [0.5, 0.6) is 5.75 Å². The van der Waals surface area contributed by atoms with E-state index in [1.54, 1.807) is 16.7 Å². The molecule has 2 heterocycles. The maximum atomic E-state index is 12.3. The lowest BCUT2D eigenvalue weighted by molar-refractivity contribution is -0.153. The van der Waals surface area contributed by atoms with Crippen molar-refractivity contribution >= 4 is 45.6 Å². The van der Waals surface area contributed by atoms with Crippen molar-refractivity contribution in [3.05, 3.63) is 52.8 Å². The quantitative estimate of drug-likeness (QED) is 0.633. The highest BCUT2D eigenvalue weighted by Crippen LogP contribution is 2.27. The highest BCUT2D eigenvalue weighted by Gasteiger charge is 2.28. The lowest BCUT2D eigenvalue weighted by Gasteiger charge is -2.13. The maximum absolute atomic E-state index is 12.3. The first-order valence-corrected chi connectivity index (χ1v) is 8.48. The van der Waals surface area contributed by atoms with Gasteiger partial charge in [0.15, 0.2) is 16.7 Å². The van der Waals surface area contributed by atoms with Gasteiger partial charge < -0.3 is 10.1 Å². The van der Waals surface area contributed by atoms with Gasteiger partial charge in [0, 0.05) is 17.7 Å². The van der Waals surface area contributed by atoms with E-state index in [0.717, 1.165) is 0 Å². The second-order valence-electron chi connectivity index (χ2n) is 5.07. The van der Waals surface area contributed by atoms with Crippen LogP contribution in [-0.4, -0.2) is 28.1 Å². The fourth-order valence-corrected chi connectivity index (χ4v) is 3.12. The first-order chi connectivity index (χ1) is 12.3. The molecule has 1 aromatic carbocycles. The van der Waals surface area contributed by atoms with Crippen molar-refractivity contribution in [1.82, 2.24) is 9.38 Å². The molecule has 3 aromatic rings. The Kier molecular flexibility index (Phi) is 5.19. The molecule has 0 spiro atoms. The summed E-state index contributed by atoms with van der Waals surface area (Å²) in [4.78, 5) is 16.9. The topological polar surface area (TPSA) is 55.6 Å². The highest BCUT2D eigenvalue weighted by molar-refractivity contribution is 7.15. The smallest absolute Gasteiger partial charge is 0.422 e. The van der Waals surface area contributed by atoms with Crippen LogP contribution in [0.1, 0.15) is 5.69 Å². The molecule has 1 N–H and O–H groups in total. The molecule has 3 rings (SSSR count). The minimum absolute atomic E-state index is 0.0748. The molecule has 10 heteroatoms. The number of hydrogen-bond donors (Lipinski definition) is 1. The predicted molar refractivity (Wildman–Crippen MR) is 93.7 cm³/mol. The Labute approximate surface area is 154 Å². The Morgan fingerprint density at radius 2 is 2.15 bits per heavy atom. The van der Waals surface area contributed by atoms with Crippen molar-refractivity contribution in [2.75, 3.05) is 11.9 Å². The number of carbonyl (C=O) groups excluding carboxylic acids is 1. The molecule has 0 fully saturated rings. The van der Waals surface area contributed by atoms with E-state index in [0.29, 0.717) is 10.7 Å².